The minimum absolute atomic E-state index is 0.0957. The van der Waals surface area contributed by atoms with Crippen LogP contribution in [-0.2, 0) is 32.1 Å². The third-order valence-electron chi connectivity index (χ3n) is 10.3. The van der Waals surface area contributed by atoms with Gasteiger partial charge < -0.3 is 24.5 Å². The maximum atomic E-state index is 14.9. The summed E-state index contributed by atoms with van der Waals surface area (Å²) in [7, 11) is 0. The molecule has 8 nitrogen and oxygen atoms in total. The van der Waals surface area contributed by atoms with Crippen LogP contribution in [0.2, 0.25) is 0 Å². The molecule has 2 aromatic carbocycles. The Morgan fingerprint density at radius 3 is 2.18 bits per heavy atom. The Morgan fingerprint density at radius 1 is 1.02 bits per heavy atom. The van der Waals surface area contributed by atoms with Crippen molar-refractivity contribution < 1.29 is 24.2 Å². The van der Waals surface area contributed by atoms with Crippen LogP contribution < -0.4 is 0 Å². The van der Waals surface area contributed by atoms with Crippen LogP contribution in [0.15, 0.2) is 86.0 Å². The van der Waals surface area contributed by atoms with Crippen LogP contribution in [0.4, 0.5) is 0 Å². The summed E-state index contributed by atoms with van der Waals surface area (Å²) >= 11 is 0. The Kier molecular flexibility index (Phi) is 9.38. The first kappa shape index (κ1) is 32.6. The number of amides is 3. The van der Waals surface area contributed by atoms with E-state index in [1.165, 1.54) is 0 Å². The molecule has 240 valence electrons. The quantitative estimate of drug-likeness (QED) is 0.342. The fourth-order valence-corrected chi connectivity index (χ4v) is 8.10. The van der Waals surface area contributed by atoms with Gasteiger partial charge in [0.2, 0.25) is 17.7 Å². The molecule has 1 N–H and O–H groups in total. The Morgan fingerprint density at radius 2 is 1.62 bits per heavy atom. The second-order valence-corrected chi connectivity index (χ2v) is 13.3. The van der Waals surface area contributed by atoms with Crippen molar-refractivity contribution in [2.45, 2.75) is 76.4 Å². The van der Waals surface area contributed by atoms with Crippen molar-refractivity contribution in [2.75, 3.05) is 19.7 Å². The van der Waals surface area contributed by atoms with E-state index in [-0.39, 0.29) is 36.3 Å². The molecule has 3 saturated heterocycles. The third-order valence-corrected chi connectivity index (χ3v) is 10.3. The molecule has 0 saturated carbocycles. The highest BCUT2D eigenvalue weighted by Crippen LogP contribution is 2.66. The molecule has 45 heavy (non-hydrogen) atoms. The summed E-state index contributed by atoms with van der Waals surface area (Å²) in [6.45, 7) is 16.3. The average molecular weight is 614 g/mol. The molecule has 0 aromatic heterocycles. The monoisotopic (exact) mass is 613 g/mol. The fraction of sp³-hybridized carbons (Fsp3) is 0.486. The number of carbonyl (C=O) groups is 3. The highest BCUT2D eigenvalue weighted by molar-refractivity contribution is 5.99. The van der Waals surface area contributed by atoms with Crippen LogP contribution in [0.25, 0.3) is 0 Å². The molecule has 1 spiro atoms. The van der Waals surface area contributed by atoms with Crippen LogP contribution >= 0.6 is 0 Å². The number of aliphatic hydroxyl groups is 1. The minimum atomic E-state index is -1.21. The first-order chi connectivity index (χ1) is 21.5. The van der Waals surface area contributed by atoms with Crippen molar-refractivity contribution in [1.82, 2.24) is 14.7 Å². The number of benzene rings is 2. The van der Waals surface area contributed by atoms with E-state index < -0.39 is 35.1 Å². The number of fused-ring (bicyclic) bond motifs is 1. The molecule has 5 rings (SSSR count). The van der Waals surface area contributed by atoms with Gasteiger partial charge in [-0.3, -0.25) is 14.4 Å². The van der Waals surface area contributed by atoms with Crippen molar-refractivity contribution >= 4 is 17.7 Å². The summed E-state index contributed by atoms with van der Waals surface area (Å²) in [6.07, 6.45) is 4.20. The summed E-state index contributed by atoms with van der Waals surface area (Å²) < 4.78 is 6.99. The van der Waals surface area contributed by atoms with Gasteiger partial charge in [-0.05, 0) is 50.7 Å². The number of aliphatic hydroxyl groups excluding tert-OH is 1. The van der Waals surface area contributed by atoms with Crippen molar-refractivity contribution in [2.24, 2.45) is 17.8 Å². The number of hydrogen-bond donors (Lipinski definition) is 1. The third kappa shape index (κ3) is 5.52. The average Bonchev–Trinajstić information content (AvgIpc) is 3.55. The summed E-state index contributed by atoms with van der Waals surface area (Å²) in [5.41, 5.74) is -0.256. The second-order valence-electron chi connectivity index (χ2n) is 13.3. The molecule has 0 radical (unpaired) electrons. The molecule has 0 aliphatic carbocycles. The van der Waals surface area contributed by atoms with Crippen LogP contribution in [0.3, 0.4) is 0 Å². The van der Waals surface area contributed by atoms with Gasteiger partial charge in [-0.1, -0.05) is 79.7 Å². The minimum Gasteiger partial charge on any atom is -0.394 e. The van der Waals surface area contributed by atoms with Crippen molar-refractivity contribution in [1.29, 1.82) is 0 Å². The topological polar surface area (TPSA) is 90.4 Å². The van der Waals surface area contributed by atoms with Gasteiger partial charge in [0, 0.05) is 25.7 Å². The molecule has 3 aliphatic heterocycles. The van der Waals surface area contributed by atoms with Gasteiger partial charge in [-0.15, -0.1) is 13.2 Å². The van der Waals surface area contributed by atoms with Crippen LogP contribution in [0.5, 0.6) is 0 Å². The zero-order valence-corrected chi connectivity index (χ0v) is 27.0. The summed E-state index contributed by atoms with van der Waals surface area (Å²) in [5.74, 6) is -2.51. The van der Waals surface area contributed by atoms with Gasteiger partial charge in [0.1, 0.15) is 11.6 Å². The number of carbonyl (C=O) groups excluding carboxylic acids is 3. The van der Waals surface area contributed by atoms with E-state index in [9.17, 15) is 19.5 Å². The van der Waals surface area contributed by atoms with E-state index >= 15 is 0 Å². The smallest absolute Gasteiger partial charge is 0.248 e. The van der Waals surface area contributed by atoms with Crippen molar-refractivity contribution in [3.63, 3.8) is 0 Å². The standard InChI is InChI=1S/C37H47N3O5/c1-7-19-38(23-28-17-13-10-14-18-28)33(42)30-31-34(43)40(29(24-41)21-27-15-11-9-12-16-27)32(35(44)39(20-8-2)25(3)4)37(31)22-26(5)36(30,6)45-37/h7-18,25-26,29-32,41H,1-2,19-24H2,3-6H3/t26?,29-,30-,31+,32?,36+,37?/m1/s1. The van der Waals surface area contributed by atoms with Gasteiger partial charge in [0.15, 0.2) is 0 Å². The summed E-state index contributed by atoms with van der Waals surface area (Å²) in [4.78, 5) is 49.3. The molecular weight excluding hydrogens is 566 g/mol. The first-order valence-electron chi connectivity index (χ1n) is 16.1. The predicted molar refractivity (Wildman–Crippen MR) is 174 cm³/mol. The Bertz CT molecular complexity index is 1410. The van der Waals surface area contributed by atoms with Crippen LogP contribution in [0, 0.1) is 17.8 Å². The van der Waals surface area contributed by atoms with Crippen LogP contribution in [-0.4, -0.2) is 86.6 Å². The van der Waals surface area contributed by atoms with E-state index in [0.717, 1.165) is 11.1 Å². The molecule has 2 bridgehead atoms. The van der Waals surface area contributed by atoms with Crippen molar-refractivity contribution in [3.8, 4) is 0 Å². The molecule has 3 fully saturated rings. The van der Waals surface area contributed by atoms with E-state index in [4.69, 9.17) is 4.74 Å². The number of hydrogen-bond acceptors (Lipinski definition) is 5. The highest BCUT2D eigenvalue weighted by atomic mass is 16.5. The maximum absolute atomic E-state index is 14.9. The number of rotatable bonds is 13. The molecule has 7 atom stereocenters. The highest BCUT2D eigenvalue weighted by Gasteiger charge is 2.80. The molecule has 3 heterocycles. The van der Waals surface area contributed by atoms with Gasteiger partial charge in [-0.2, -0.15) is 0 Å². The number of nitrogens with zero attached hydrogens (tertiary/aromatic N) is 3. The SMILES string of the molecule is C=CCN(Cc1ccccc1)C(=O)[C@H]1[C@H]2C(=O)N([C@@H](CO)Cc3ccccc3)C(C(=O)N(CC=C)C(C)C)C23CC(C)[C@]1(C)O3. The molecular formula is C37H47N3O5. The van der Waals surface area contributed by atoms with E-state index in [2.05, 4.69) is 13.2 Å². The van der Waals surface area contributed by atoms with E-state index in [0.29, 0.717) is 32.5 Å². The van der Waals surface area contributed by atoms with Gasteiger partial charge in [-0.25, -0.2) is 0 Å². The lowest BCUT2D eigenvalue weighted by atomic mass is 9.62. The maximum Gasteiger partial charge on any atom is 0.248 e. The Hall–Kier alpha value is -3.75. The Labute approximate surface area is 267 Å². The molecule has 3 aliphatic rings. The summed E-state index contributed by atoms with van der Waals surface area (Å²) in [5, 5.41) is 10.8. The molecule has 2 aromatic rings. The fourth-order valence-electron chi connectivity index (χ4n) is 8.10. The lowest BCUT2D eigenvalue weighted by Gasteiger charge is -2.40. The molecule has 8 heteroatoms. The van der Waals surface area contributed by atoms with Gasteiger partial charge >= 0.3 is 0 Å². The zero-order chi connectivity index (χ0) is 32.5. The first-order valence-corrected chi connectivity index (χ1v) is 16.1. The van der Waals surface area contributed by atoms with Crippen molar-refractivity contribution in [3.05, 3.63) is 97.1 Å². The Balaban J connectivity index is 1.62. The largest absolute Gasteiger partial charge is 0.394 e. The lowest BCUT2D eigenvalue weighted by molar-refractivity contribution is -0.158. The molecule has 3 unspecified atom stereocenters. The lowest BCUT2D eigenvalue weighted by Crippen LogP contribution is -2.60. The van der Waals surface area contributed by atoms with E-state index in [1.54, 1.807) is 26.9 Å². The van der Waals surface area contributed by atoms with E-state index in [1.807, 2.05) is 88.4 Å². The zero-order valence-electron chi connectivity index (χ0n) is 27.0. The normalized spacial score (nSPS) is 29.0. The number of likely N-dealkylation sites (tertiary alicyclic amines) is 1. The second kappa shape index (κ2) is 12.9. The van der Waals surface area contributed by atoms with Crippen LogP contribution in [0.1, 0.15) is 45.2 Å². The number of ether oxygens (including phenoxy) is 1. The van der Waals surface area contributed by atoms with Gasteiger partial charge in [0.05, 0.1) is 30.1 Å². The summed E-state index contributed by atoms with van der Waals surface area (Å²) in [6, 6.07) is 17.6. The molecule has 3 amide bonds. The van der Waals surface area contributed by atoms with Gasteiger partial charge in [0.25, 0.3) is 0 Å². The predicted octanol–water partition coefficient (Wildman–Crippen LogP) is 4.24.